The molecule has 3 atom stereocenters. The van der Waals surface area contributed by atoms with Crippen molar-refractivity contribution >= 4 is 40.6 Å². The van der Waals surface area contributed by atoms with Crippen LogP contribution >= 0.6 is 17.0 Å². The lowest BCUT2D eigenvalue weighted by Gasteiger charge is -2.46. The Morgan fingerprint density at radius 3 is 1.31 bits per heavy atom. The lowest BCUT2D eigenvalue weighted by atomic mass is 9.63. The highest BCUT2D eigenvalue weighted by molar-refractivity contribution is 8.93. The molecule has 0 aliphatic heterocycles. The van der Waals surface area contributed by atoms with Crippen LogP contribution in [0.5, 0.6) is 0 Å². The largest absolute Gasteiger partial charge is 0.393 e. The van der Waals surface area contributed by atoms with Gasteiger partial charge in [0.2, 0.25) is 22.8 Å². The van der Waals surface area contributed by atoms with Crippen LogP contribution in [0, 0.1) is 0 Å². The van der Waals surface area contributed by atoms with Crippen LogP contribution < -0.4 is 0 Å². The second-order valence-electron chi connectivity index (χ2n) is 7.70. The smallest absolute Gasteiger partial charge is 0.222 e. The van der Waals surface area contributed by atoms with Crippen molar-refractivity contribution in [2.75, 3.05) is 6.61 Å². The van der Waals surface area contributed by atoms with Crippen LogP contribution in [0.15, 0.2) is 91.0 Å². The summed E-state index contributed by atoms with van der Waals surface area (Å²) in [5.74, 6) is -4.36. The van der Waals surface area contributed by atoms with Crippen LogP contribution in [0.4, 0.5) is 0 Å². The molecule has 0 bridgehead atoms. The van der Waals surface area contributed by atoms with Gasteiger partial charge in [0.05, 0.1) is 6.61 Å². The minimum absolute atomic E-state index is 0. The summed E-state index contributed by atoms with van der Waals surface area (Å²) in [6.07, 6.45) is -0.415. The number of aliphatic hydroxyl groups is 4. The molecule has 0 spiro atoms. The van der Waals surface area contributed by atoms with Crippen molar-refractivity contribution in [2.24, 2.45) is 0 Å². The summed E-state index contributed by atoms with van der Waals surface area (Å²) in [4.78, 5) is 52.5. The average molecular weight is 543 g/mol. The monoisotopic (exact) mass is 542 g/mol. The summed E-state index contributed by atoms with van der Waals surface area (Å²) in [5, 5.41) is 44.6. The maximum absolute atomic E-state index is 13.6. The van der Waals surface area contributed by atoms with Crippen molar-refractivity contribution in [2.45, 2.75) is 16.8 Å². The number of benzene rings is 3. The first-order valence-electron chi connectivity index (χ1n) is 10.2. The van der Waals surface area contributed by atoms with Gasteiger partial charge in [0.1, 0.15) is 0 Å². The second kappa shape index (κ2) is 10.9. The van der Waals surface area contributed by atoms with E-state index < -0.39 is 47.0 Å². The highest BCUT2D eigenvalue weighted by Crippen LogP contribution is 2.39. The van der Waals surface area contributed by atoms with Gasteiger partial charge in [-0.15, -0.1) is 17.0 Å². The van der Waals surface area contributed by atoms with E-state index in [4.69, 9.17) is 0 Å². The summed E-state index contributed by atoms with van der Waals surface area (Å²) in [6, 6.07) is 20.3. The van der Waals surface area contributed by atoms with Crippen LogP contribution in [0.1, 0.15) is 31.1 Å². The normalized spacial score (nSPS) is 15.9. The van der Waals surface area contributed by atoms with Crippen LogP contribution in [0.3, 0.4) is 0 Å². The third-order valence-electron chi connectivity index (χ3n) is 5.71. The van der Waals surface area contributed by atoms with E-state index in [1.54, 1.807) is 12.1 Å². The summed E-state index contributed by atoms with van der Waals surface area (Å²) in [5.41, 5.74) is -11.9. The Kier molecular flexibility index (Phi) is 8.72. The van der Waals surface area contributed by atoms with Gasteiger partial charge in [0, 0.05) is 16.7 Å². The summed E-state index contributed by atoms with van der Waals surface area (Å²) in [6.45, 7) is -1.60. The minimum atomic E-state index is -3.82. The highest BCUT2D eigenvalue weighted by atomic mass is 79.9. The molecule has 0 heterocycles. The Morgan fingerprint density at radius 1 is 0.629 bits per heavy atom. The van der Waals surface area contributed by atoms with Crippen molar-refractivity contribution in [1.29, 1.82) is 0 Å². The van der Waals surface area contributed by atoms with E-state index in [1.165, 1.54) is 78.9 Å². The number of ketones is 3. The van der Waals surface area contributed by atoms with Gasteiger partial charge < -0.3 is 20.4 Å². The lowest BCUT2D eigenvalue weighted by molar-refractivity contribution is -0.188. The summed E-state index contributed by atoms with van der Waals surface area (Å²) in [7, 11) is 0. The molecule has 0 radical (unpaired) electrons. The Morgan fingerprint density at radius 2 is 0.971 bits per heavy atom. The number of Topliss-reactive ketones (excluding diaryl/α,β-unsaturated/α-hetero) is 3. The van der Waals surface area contributed by atoms with Gasteiger partial charge >= 0.3 is 0 Å². The number of carbonyl (C=O) groups is 4. The molecule has 0 fully saturated rings. The van der Waals surface area contributed by atoms with Gasteiger partial charge in [-0.3, -0.25) is 19.2 Å². The maximum Gasteiger partial charge on any atom is 0.222 e. The first-order valence-corrected chi connectivity index (χ1v) is 10.2. The molecule has 0 aromatic heterocycles. The molecular weight excluding hydrogens is 520 g/mol. The number of aldehydes is 1. The standard InChI is InChI=1S/C26H22O8.BrH/c27-16-24(32,21(29)18-10-4-1-5-11-18)26(34,23(31)20-14-8-3-9-15-20)25(33,17-28)22(30)19-12-6-2-7-13-19;/h1-16,28,32-34H,17H2;1H/t24-,25+,26+;/m1./s1. The molecule has 3 aromatic carbocycles. The molecule has 0 aliphatic carbocycles. The van der Waals surface area contributed by atoms with Crippen molar-refractivity contribution in [3.8, 4) is 0 Å². The Labute approximate surface area is 211 Å². The van der Waals surface area contributed by atoms with Gasteiger partial charge in [-0.25, -0.2) is 0 Å². The Bertz CT molecular complexity index is 1200. The molecule has 35 heavy (non-hydrogen) atoms. The number of hydrogen-bond acceptors (Lipinski definition) is 8. The van der Waals surface area contributed by atoms with Crippen LogP contribution in [-0.2, 0) is 4.79 Å². The highest BCUT2D eigenvalue weighted by Gasteiger charge is 2.72. The summed E-state index contributed by atoms with van der Waals surface area (Å²) < 4.78 is 0. The third kappa shape index (κ3) is 4.52. The lowest BCUT2D eigenvalue weighted by Crippen LogP contribution is -2.78. The predicted octanol–water partition coefficient (Wildman–Crippen LogP) is 1.60. The maximum atomic E-state index is 13.6. The molecule has 0 amide bonds. The van der Waals surface area contributed by atoms with Crippen LogP contribution in [0.2, 0.25) is 0 Å². The molecular formula is C26H23BrO8. The quantitative estimate of drug-likeness (QED) is 0.171. The fraction of sp³-hybridized carbons (Fsp3) is 0.154. The number of halogens is 1. The molecule has 8 nitrogen and oxygen atoms in total. The molecule has 0 saturated heterocycles. The third-order valence-corrected chi connectivity index (χ3v) is 5.71. The van der Waals surface area contributed by atoms with Crippen LogP contribution in [0.25, 0.3) is 0 Å². The topological polar surface area (TPSA) is 149 Å². The minimum Gasteiger partial charge on any atom is -0.393 e. The number of hydrogen-bond donors (Lipinski definition) is 4. The van der Waals surface area contributed by atoms with Crippen LogP contribution in [-0.4, -0.2) is 67.5 Å². The number of aliphatic hydroxyl groups excluding tert-OH is 1. The molecule has 0 saturated carbocycles. The number of carbonyl (C=O) groups excluding carboxylic acids is 4. The van der Waals surface area contributed by atoms with Gasteiger partial charge in [-0.05, 0) is 0 Å². The van der Waals surface area contributed by atoms with Crippen molar-refractivity contribution < 1.29 is 39.6 Å². The molecule has 3 rings (SSSR count). The summed E-state index contributed by atoms with van der Waals surface area (Å²) >= 11 is 0. The zero-order chi connectivity index (χ0) is 25.0. The zero-order valence-electron chi connectivity index (χ0n) is 18.3. The SMILES string of the molecule is Br.O=C[C@@](O)(C(=O)c1ccccc1)[C@@](O)(C(=O)c1ccccc1)[C@](O)(CO)C(=O)c1ccccc1. The van der Waals surface area contributed by atoms with Gasteiger partial charge in [0.25, 0.3) is 0 Å². The van der Waals surface area contributed by atoms with E-state index in [1.807, 2.05) is 0 Å². The molecule has 3 aromatic rings. The van der Waals surface area contributed by atoms with E-state index in [0.717, 1.165) is 0 Å². The van der Waals surface area contributed by atoms with Crippen molar-refractivity contribution in [3.05, 3.63) is 108 Å². The Balaban J connectivity index is 0.00000432. The zero-order valence-corrected chi connectivity index (χ0v) is 20.0. The van der Waals surface area contributed by atoms with Gasteiger partial charge in [-0.1, -0.05) is 91.0 Å². The fourth-order valence-corrected chi connectivity index (χ4v) is 3.77. The average Bonchev–Trinajstić information content (AvgIpc) is 2.91. The molecule has 4 N–H and O–H groups in total. The molecule has 182 valence electrons. The van der Waals surface area contributed by atoms with Gasteiger partial charge in [0.15, 0.2) is 17.7 Å². The Hall–Kier alpha value is -3.34. The van der Waals surface area contributed by atoms with E-state index in [-0.39, 0.29) is 33.7 Å². The first kappa shape index (κ1) is 27.9. The van der Waals surface area contributed by atoms with E-state index in [9.17, 15) is 39.6 Å². The van der Waals surface area contributed by atoms with E-state index in [2.05, 4.69) is 0 Å². The predicted molar refractivity (Wildman–Crippen MR) is 131 cm³/mol. The number of rotatable bonds is 10. The van der Waals surface area contributed by atoms with Crippen molar-refractivity contribution in [1.82, 2.24) is 0 Å². The molecule has 0 aliphatic rings. The fourth-order valence-electron chi connectivity index (χ4n) is 3.77. The molecule has 9 heteroatoms. The molecule has 0 unspecified atom stereocenters. The second-order valence-corrected chi connectivity index (χ2v) is 7.70. The van der Waals surface area contributed by atoms with Crippen molar-refractivity contribution in [3.63, 3.8) is 0 Å². The van der Waals surface area contributed by atoms with Gasteiger partial charge in [-0.2, -0.15) is 0 Å². The van der Waals surface area contributed by atoms with E-state index in [0.29, 0.717) is 0 Å². The van der Waals surface area contributed by atoms with E-state index >= 15 is 0 Å². The first-order chi connectivity index (χ1) is 16.2.